The molecule has 0 aliphatic rings. The summed E-state index contributed by atoms with van der Waals surface area (Å²) in [5.74, 6) is -0.179. The molecule has 0 aliphatic heterocycles. The lowest BCUT2D eigenvalue weighted by atomic mass is 10.2. The van der Waals surface area contributed by atoms with E-state index in [4.69, 9.17) is 19.7 Å². The zero-order chi connectivity index (χ0) is 12.0. The van der Waals surface area contributed by atoms with Gasteiger partial charge in [-0.15, -0.1) is 0 Å². The van der Waals surface area contributed by atoms with Gasteiger partial charge in [0.2, 0.25) is 0 Å². The second-order valence-corrected chi connectivity index (χ2v) is 3.16. The summed E-state index contributed by atoms with van der Waals surface area (Å²) in [6.07, 6.45) is -1.48. The van der Waals surface area contributed by atoms with Crippen LogP contribution in [0.4, 0.5) is 0 Å². The number of rotatable bonds is 5. The molecule has 0 heterocycles. The molecule has 1 aromatic carbocycles. The summed E-state index contributed by atoms with van der Waals surface area (Å²) >= 11 is 0. The average Bonchev–Trinajstić information content (AvgIpc) is 2.35. The number of benzene rings is 1. The molecule has 0 spiro atoms. The molecule has 0 amide bonds. The molecule has 0 saturated carbocycles. The normalized spacial score (nSPS) is 11.9. The summed E-state index contributed by atoms with van der Waals surface area (Å²) in [6.45, 7) is -0.607. The molecule has 0 bridgehead atoms. The molecule has 1 atom stereocenters. The molecule has 1 unspecified atom stereocenters. The van der Waals surface area contributed by atoms with Crippen LogP contribution in [0.2, 0.25) is 0 Å². The summed E-state index contributed by atoms with van der Waals surface area (Å²) in [6, 6.07) is 7.03. The number of methoxy groups -OCH3 is 1. The highest BCUT2D eigenvalue weighted by Gasteiger charge is 2.14. The quantitative estimate of drug-likeness (QED) is 0.696. The van der Waals surface area contributed by atoms with Crippen molar-refractivity contribution in [2.45, 2.75) is 12.7 Å². The third kappa shape index (κ3) is 3.52. The summed E-state index contributed by atoms with van der Waals surface area (Å²) < 4.78 is 9.78. The van der Waals surface area contributed by atoms with Crippen LogP contribution in [0.5, 0.6) is 5.75 Å². The van der Waals surface area contributed by atoms with Crippen molar-refractivity contribution in [3.8, 4) is 5.75 Å². The van der Waals surface area contributed by atoms with E-state index >= 15 is 0 Å². The Kier molecular flexibility index (Phi) is 4.75. The molecule has 5 nitrogen and oxygen atoms in total. The molecule has 0 aliphatic carbocycles. The fourth-order valence-electron chi connectivity index (χ4n) is 1.09. The van der Waals surface area contributed by atoms with Gasteiger partial charge in [0, 0.05) is 0 Å². The second-order valence-electron chi connectivity index (χ2n) is 3.16. The maximum atomic E-state index is 11.0. The first-order valence-electron chi connectivity index (χ1n) is 4.76. The Morgan fingerprint density at radius 3 is 2.88 bits per heavy atom. The lowest BCUT2D eigenvalue weighted by Crippen LogP contribution is -2.26. The summed E-state index contributed by atoms with van der Waals surface area (Å²) in [7, 11) is 1.54. The monoisotopic (exact) mass is 226 g/mol. The Hall–Kier alpha value is -1.59. The van der Waals surface area contributed by atoms with Crippen LogP contribution in [0.3, 0.4) is 0 Å². The second kappa shape index (κ2) is 6.09. The van der Waals surface area contributed by atoms with Gasteiger partial charge in [0.1, 0.15) is 12.4 Å². The number of carbonyl (C=O) groups is 1. The number of hydrogen-bond acceptors (Lipinski definition) is 5. The first-order valence-corrected chi connectivity index (χ1v) is 4.76. The predicted octanol–water partition coefficient (Wildman–Crippen LogP) is 0.0916. The molecule has 0 radical (unpaired) electrons. The highest BCUT2D eigenvalue weighted by Crippen LogP contribution is 2.13. The Bertz CT molecular complexity index is 350. The van der Waals surface area contributed by atoms with Crippen LogP contribution >= 0.6 is 0 Å². The standard InChI is InChI=1S/C11H14O5/c1-15-9-4-2-3-8(5-9)7-16-11(14)10(13)6-12/h2-5,10,12-13H,6-7H2,1H3. The predicted molar refractivity (Wildman–Crippen MR) is 55.9 cm³/mol. The fraction of sp³-hybridized carbons (Fsp3) is 0.364. The minimum absolute atomic E-state index is 0.0348. The number of esters is 1. The summed E-state index contributed by atoms with van der Waals surface area (Å²) in [4.78, 5) is 11.0. The highest BCUT2D eigenvalue weighted by atomic mass is 16.5. The largest absolute Gasteiger partial charge is 0.497 e. The van der Waals surface area contributed by atoms with Gasteiger partial charge in [-0.05, 0) is 17.7 Å². The van der Waals surface area contributed by atoms with Gasteiger partial charge in [0.05, 0.1) is 13.7 Å². The third-order valence-electron chi connectivity index (χ3n) is 1.96. The average molecular weight is 226 g/mol. The zero-order valence-corrected chi connectivity index (χ0v) is 8.92. The minimum Gasteiger partial charge on any atom is -0.497 e. The maximum Gasteiger partial charge on any atom is 0.337 e. The summed E-state index contributed by atoms with van der Waals surface area (Å²) in [5, 5.41) is 17.5. The van der Waals surface area contributed by atoms with Gasteiger partial charge in [-0.25, -0.2) is 4.79 Å². The van der Waals surface area contributed by atoms with E-state index in [1.54, 1.807) is 31.4 Å². The van der Waals surface area contributed by atoms with Gasteiger partial charge in [-0.1, -0.05) is 12.1 Å². The number of hydrogen-bond donors (Lipinski definition) is 2. The van der Waals surface area contributed by atoms with Crippen molar-refractivity contribution in [3.05, 3.63) is 29.8 Å². The molecular formula is C11H14O5. The van der Waals surface area contributed by atoms with Crippen LogP contribution in [0.25, 0.3) is 0 Å². The highest BCUT2D eigenvalue weighted by molar-refractivity contribution is 5.74. The van der Waals surface area contributed by atoms with E-state index in [2.05, 4.69) is 0 Å². The molecule has 16 heavy (non-hydrogen) atoms. The van der Waals surface area contributed by atoms with Crippen molar-refractivity contribution in [3.63, 3.8) is 0 Å². The van der Waals surface area contributed by atoms with E-state index in [-0.39, 0.29) is 6.61 Å². The third-order valence-corrected chi connectivity index (χ3v) is 1.96. The van der Waals surface area contributed by atoms with Gasteiger partial charge in [0.25, 0.3) is 0 Å². The number of aliphatic hydroxyl groups excluding tert-OH is 2. The van der Waals surface area contributed by atoms with Gasteiger partial charge < -0.3 is 19.7 Å². The number of ether oxygens (including phenoxy) is 2. The van der Waals surface area contributed by atoms with E-state index < -0.39 is 18.7 Å². The van der Waals surface area contributed by atoms with E-state index in [1.807, 2.05) is 0 Å². The van der Waals surface area contributed by atoms with E-state index in [0.717, 1.165) is 5.56 Å². The number of aliphatic hydroxyl groups is 2. The molecule has 0 aromatic heterocycles. The van der Waals surface area contributed by atoms with Crippen LogP contribution in [0.1, 0.15) is 5.56 Å². The van der Waals surface area contributed by atoms with Gasteiger partial charge in [0.15, 0.2) is 6.10 Å². The lowest BCUT2D eigenvalue weighted by molar-refractivity contribution is -0.156. The van der Waals surface area contributed by atoms with Crippen LogP contribution in [-0.4, -0.2) is 36.0 Å². The van der Waals surface area contributed by atoms with Crippen molar-refractivity contribution in [1.82, 2.24) is 0 Å². The van der Waals surface area contributed by atoms with Crippen molar-refractivity contribution in [2.75, 3.05) is 13.7 Å². The molecule has 5 heteroatoms. The Balaban J connectivity index is 2.51. The Morgan fingerprint density at radius 1 is 1.50 bits per heavy atom. The first kappa shape index (κ1) is 12.5. The molecule has 2 N–H and O–H groups in total. The van der Waals surface area contributed by atoms with Crippen LogP contribution in [-0.2, 0) is 16.1 Å². The summed E-state index contributed by atoms with van der Waals surface area (Å²) in [5.41, 5.74) is 0.748. The molecule has 0 fully saturated rings. The molecule has 1 rings (SSSR count). The Labute approximate surface area is 93.2 Å². The smallest absolute Gasteiger partial charge is 0.337 e. The van der Waals surface area contributed by atoms with Crippen molar-refractivity contribution >= 4 is 5.97 Å². The van der Waals surface area contributed by atoms with Gasteiger partial charge in [-0.3, -0.25) is 0 Å². The molecule has 1 aromatic rings. The molecular weight excluding hydrogens is 212 g/mol. The SMILES string of the molecule is COc1cccc(COC(=O)C(O)CO)c1. The van der Waals surface area contributed by atoms with E-state index in [1.165, 1.54) is 0 Å². The van der Waals surface area contributed by atoms with Gasteiger partial charge >= 0.3 is 5.97 Å². The molecule has 0 saturated heterocycles. The van der Waals surface area contributed by atoms with Gasteiger partial charge in [-0.2, -0.15) is 0 Å². The van der Waals surface area contributed by atoms with E-state index in [0.29, 0.717) is 5.75 Å². The Morgan fingerprint density at radius 2 is 2.25 bits per heavy atom. The van der Waals surface area contributed by atoms with Crippen LogP contribution < -0.4 is 4.74 Å². The van der Waals surface area contributed by atoms with Crippen molar-refractivity contribution in [1.29, 1.82) is 0 Å². The first-order chi connectivity index (χ1) is 7.67. The lowest BCUT2D eigenvalue weighted by Gasteiger charge is -2.08. The molecule has 88 valence electrons. The maximum absolute atomic E-state index is 11.0. The van der Waals surface area contributed by atoms with Crippen molar-refractivity contribution < 1.29 is 24.5 Å². The minimum atomic E-state index is -1.48. The van der Waals surface area contributed by atoms with Crippen LogP contribution in [0.15, 0.2) is 24.3 Å². The number of carbonyl (C=O) groups excluding carboxylic acids is 1. The van der Waals surface area contributed by atoms with Crippen LogP contribution in [0, 0.1) is 0 Å². The van der Waals surface area contributed by atoms with Crippen molar-refractivity contribution in [2.24, 2.45) is 0 Å². The van der Waals surface area contributed by atoms with E-state index in [9.17, 15) is 4.79 Å². The zero-order valence-electron chi connectivity index (χ0n) is 8.92. The topological polar surface area (TPSA) is 76.0 Å². The fourth-order valence-corrected chi connectivity index (χ4v) is 1.09.